The number of aliphatic hydroxyl groups is 1. The van der Waals surface area contributed by atoms with Crippen LogP contribution < -0.4 is 5.73 Å². The normalized spacial score (nSPS) is 21.6. The zero-order chi connectivity index (χ0) is 11.4. The molecule has 0 aliphatic carbocycles. The number of nitrogens with zero attached hydrogens (tertiary/aromatic N) is 2. The number of rotatable bonds is 3. The molecule has 3 N–H and O–H groups in total. The molecule has 1 fully saturated rings. The fraction of sp³-hybridized carbons (Fsp3) is 0.636. The van der Waals surface area contributed by atoms with Gasteiger partial charge < -0.3 is 15.6 Å². The van der Waals surface area contributed by atoms with Crippen LogP contribution in [0, 0.1) is 5.41 Å². The summed E-state index contributed by atoms with van der Waals surface area (Å²) in [5.41, 5.74) is 6.09. The minimum absolute atomic E-state index is 0.311. The molecule has 1 atom stereocenters. The summed E-state index contributed by atoms with van der Waals surface area (Å²) in [5.74, 6) is 0. The standard InChI is InChI=1S/C11H17N3O2/c12-8-11(1-5-16-6-2-11)10(15)9-7-13-3-4-14-9/h3-4,7,10,15H,1-2,5-6,8,12H2/t10-/m0/s1. The summed E-state index contributed by atoms with van der Waals surface area (Å²) in [7, 11) is 0. The minimum Gasteiger partial charge on any atom is -0.386 e. The SMILES string of the molecule is NCC1([C@@H](O)c2cnccn2)CCOCC1. The van der Waals surface area contributed by atoms with Gasteiger partial charge in [0.15, 0.2) is 0 Å². The van der Waals surface area contributed by atoms with Gasteiger partial charge >= 0.3 is 0 Å². The van der Waals surface area contributed by atoms with Crippen LogP contribution in [0.5, 0.6) is 0 Å². The average molecular weight is 223 g/mol. The van der Waals surface area contributed by atoms with Crippen LogP contribution >= 0.6 is 0 Å². The van der Waals surface area contributed by atoms with Crippen molar-refractivity contribution in [2.24, 2.45) is 11.1 Å². The molecule has 0 bridgehead atoms. The molecule has 5 heteroatoms. The molecular formula is C11H17N3O2. The molecule has 1 aromatic heterocycles. The van der Waals surface area contributed by atoms with Crippen molar-refractivity contribution in [1.29, 1.82) is 0 Å². The molecule has 1 saturated heterocycles. The average Bonchev–Trinajstić information content (AvgIpc) is 2.39. The Hall–Kier alpha value is -1.04. The van der Waals surface area contributed by atoms with Gasteiger partial charge in [0.1, 0.15) is 6.10 Å². The highest BCUT2D eigenvalue weighted by Crippen LogP contribution is 2.40. The summed E-state index contributed by atoms with van der Waals surface area (Å²) in [5, 5.41) is 10.4. The molecule has 1 aromatic rings. The number of ether oxygens (including phenoxy) is 1. The van der Waals surface area contributed by atoms with E-state index in [2.05, 4.69) is 9.97 Å². The van der Waals surface area contributed by atoms with Gasteiger partial charge in [-0.25, -0.2) is 0 Å². The van der Waals surface area contributed by atoms with Gasteiger partial charge in [-0.1, -0.05) is 0 Å². The Bertz CT molecular complexity index is 325. The Labute approximate surface area is 94.7 Å². The van der Waals surface area contributed by atoms with Gasteiger partial charge in [0.2, 0.25) is 0 Å². The van der Waals surface area contributed by atoms with E-state index in [9.17, 15) is 5.11 Å². The number of nitrogens with two attached hydrogens (primary N) is 1. The summed E-state index contributed by atoms with van der Waals surface area (Å²) in [6.07, 6.45) is 5.65. The number of hydrogen-bond acceptors (Lipinski definition) is 5. The lowest BCUT2D eigenvalue weighted by molar-refractivity contribution is -0.0599. The van der Waals surface area contributed by atoms with Crippen LogP contribution in [-0.4, -0.2) is 34.8 Å². The van der Waals surface area contributed by atoms with Crippen molar-refractivity contribution in [3.8, 4) is 0 Å². The molecule has 0 saturated carbocycles. The Balaban J connectivity index is 2.20. The number of aromatic nitrogens is 2. The Morgan fingerprint density at radius 3 is 2.75 bits per heavy atom. The third-order valence-electron chi connectivity index (χ3n) is 3.34. The van der Waals surface area contributed by atoms with Crippen molar-refractivity contribution < 1.29 is 9.84 Å². The van der Waals surface area contributed by atoms with Crippen LogP contribution in [-0.2, 0) is 4.74 Å². The second kappa shape index (κ2) is 4.86. The lowest BCUT2D eigenvalue weighted by atomic mass is 9.74. The fourth-order valence-electron chi connectivity index (χ4n) is 2.13. The zero-order valence-electron chi connectivity index (χ0n) is 9.17. The van der Waals surface area contributed by atoms with Gasteiger partial charge in [-0.3, -0.25) is 9.97 Å². The van der Waals surface area contributed by atoms with Gasteiger partial charge in [-0.15, -0.1) is 0 Å². The van der Waals surface area contributed by atoms with Crippen LogP contribution in [0.25, 0.3) is 0 Å². The van der Waals surface area contributed by atoms with E-state index in [0.29, 0.717) is 25.5 Å². The highest BCUT2D eigenvalue weighted by molar-refractivity contribution is 5.06. The second-order valence-electron chi connectivity index (χ2n) is 4.21. The van der Waals surface area contributed by atoms with Crippen LogP contribution in [0.3, 0.4) is 0 Å². The van der Waals surface area contributed by atoms with Crippen LogP contribution in [0.4, 0.5) is 0 Å². The molecular weight excluding hydrogens is 206 g/mol. The molecule has 2 heterocycles. The summed E-state index contributed by atoms with van der Waals surface area (Å²) >= 11 is 0. The maximum atomic E-state index is 10.4. The first-order chi connectivity index (χ1) is 7.78. The van der Waals surface area contributed by atoms with E-state index in [1.807, 2.05) is 0 Å². The molecule has 2 rings (SSSR count). The smallest absolute Gasteiger partial charge is 0.104 e. The monoisotopic (exact) mass is 223 g/mol. The van der Waals surface area contributed by atoms with Crippen molar-refractivity contribution in [2.75, 3.05) is 19.8 Å². The summed E-state index contributed by atoms with van der Waals surface area (Å²) in [6, 6.07) is 0. The summed E-state index contributed by atoms with van der Waals surface area (Å²) in [4.78, 5) is 8.11. The van der Waals surface area contributed by atoms with Crippen molar-refractivity contribution >= 4 is 0 Å². The molecule has 0 unspecified atom stereocenters. The van der Waals surface area contributed by atoms with Crippen molar-refractivity contribution in [2.45, 2.75) is 18.9 Å². The lowest BCUT2D eigenvalue weighted by Crippen LogP contribution is -2.42. The topological polar surface area (TPSA) is 81.3 Å². The van der Waals surface area contributed by atoms with Gasteiger partial charge in [0.05, 0.1) is 11.9 Å². The Morgan fingerprint density at radius 2 is 2.19 bits per heavy atom. The van der Waals surface area contributed by atoms with Crippen LogP contribution in [0.2, 0.25) is 0 Å². The zero-order valence-corrected chi connectivity index (χ0v) is 9.17. The largest absolute Gasteiger partial charge is 0.386 e. The number of aliphatic hydroxyl groups excluding tert-OH is 1. The minimum atomic E-state index is -0.657. The molecule has 1 aliphatic heterocycles. The lowest BCUT2D eigenvalue weighted by Gasteiger charge is -2.39. The van der Waals surface area contributed by atoms with Crippen LogP contribution in [0.15, 0.2) is 18.6 Å². The van der Waals surface area contributed by atoms with E-state index in [1.165, 1.54) is 0 Å². The summed E-state index contributed by atoms with van der Waals surface area (Å²) in [6.45, 7) is 1.73. The molecule has 88 valence electrons. The van der Waals surface area contributed by atoms with Gasteiger partial charge in [-0.2, -0.15) is 0 Å². The van der Waals surface area contributed by atoms with E-state index < -0.39 is 6.10 Å². The number of hydrogen-bond donors (Lipinski definition) is 2. The van der Waals surface area contributed by atoms with Crippen LogP contribution in [0.1, 0.15) is 24.6 Å². The maximum absolute atomic E-state index is 10.4. The first-order valence-corrected chi connectivity index (χ1v) is 5.50. The molecule has 0 spiro atoms. The predicted molar refractivity (Wildman–Crippen MR) is 58.5 cm³/mol. The van der Waals surface area contributed by atoms with Crippen molar-refractivity contribution in [3.05, 3.63) is 24.3 Å². The van der Waals surface area contributed by atoms with E-state index in [-0.39, 0.29) is 5.41 Å². The molecule has 16 heavy (non-hydrogen) atoms. The first kappa shape index (κ1) is 11.4. The van der Waals surface area contributed by atoms with E-state index in [4.69, 9.17) is 10.5 Å². The second-order valence-corrected chi connectivity index (χ2v) is 4.21. The van der Waals surface area contributed by atoms with E-state index in [0.717, 1.165) is 12.8 Å². The predicted octanol–water partition coefficient (Wildman–Crippen LogP) is 0.265. The third kappa shape index (κ3) is 2.07. The quantitative estimate of drug-likeness (QED) is 0.768. The van der Waals surface area contributed by atoms with Gasteiger partial charge in [0.25, 0.3) is 0 Å². The fourth-order valence-corrected chi connectivity index (χ4v) is 2.13. The highest BCUT2D eigenvalue weighted by Gasteiger charge is 2.39. The Kier molecular flexibility index (Phi) is 3.48. The molecule has 5 nitrogen and oxygen atoms in total. The maximum Gasteiger partial charge on any atom is 0.104 e. The highest BCUT2D eigenvalue weighted by atomic mass is 16.5. The third-order valence-corrected chi connectivity index (χ3v) is 3.34. The molecule has 0 amide bonds. The van der Waals surface area contributed by atoms with E-state index in [1.54, 1.807) is 18.6 Å². The molecule has 0 aromatic carbocycles. The van der Waals surface area contributed by atoms with E-state index >= 15 is 0 Å². The van der Waals surface area contributed by atoms with Gasteiger partial charge in [-0.05, 0) is 12.8 Å². The van der Waals surface area contributed by atoms with Crippen molar-refractivity contribution in [1.82, 2.24) is 9.97 Å². The first-order valence-electron chi connectivity index (χ1n) is 5.50. The summed E-state index contributed by atoms with van der Waals surface area (Å²) < 4.78 is 5.31. The van der Waals surface area contributed by atoms with Gasteiger partial charge in [0, 0.05) is 37.6 Å². The Morgan fingerprint density at radius 1 is 1.44 bits per heavy atom. The molecule has 1 aliphatic rings. The molecule has 0 radical (unpaired) electrons. The van der Waals surface area contributed by atoms with Crippen molar-refractivity contribution in [3.63, 3.8) is 0 Å².